The molecular formula is C30H38BN3O4. The highest BCUT2D eigenvalue weighted by molar-refractivity contribution is 6.32. The van der Waals surface area contributed by atoms with Crippen molar-refractivity contribution in [3.05, 3.63) is 59.7 Å². The van der Waals surface area contributed by atoms with E-state index in [0.29, 0.717) is 19.6 Å². The Morgan fingerprint density at radius 1 is 1.08 bits per heavy atom. The first kappa shape index (κ1) is 26.3. The molecule has 2 fully saturated rings. The highest BCUT2D eigenvalue weighted by Crippen LogP contribution is 2.39. The minimum Gasteiger partial charge on any atom is -0.444 e. The Labute approximate surface area is 226 Å². The third-order valence-electron chi connectivity index (χ3n) is 7.81. The molecule has 7 nitrogen and oxygen atoms in total. The van der Waals surface area contributed by atoms with E-state index < -0.39 is 11.5 Å². The number of nitrogens with one attached hydrogen (secondary N) is 1. The Balaban J connectivity index is 1.38. The molecule has 38 heavy (non-hydrogen) atoms. The van der Waals surface area contributed by atoms with Crippen LogP contribution in [0.1, 0.15) is 57.1 Å². The Morgan fingerprint density at radius 3 is 2.53 bits per heavy atom. The molecule has 2 aromatic carbocycles. The standard InChI is InChI=1S/C30H38BN3O4/c1-30(2,3)38-29(37)33-16-20(13-19-7-6-8-22(31)14-19)21(17-33)18-34(23-11-12-23)28(36)25-15-27(35)32-26-10-5-4-9-24(25)26/h4-10,14,20-21,23,25H,11-13,15-18,31H2,1-3H3,(H,32,35)/t20-,21+,25?/m1/s1. The maximum atomic E-state index is 14.0. The smallest absolute Gasteiger partial charge is 0.410 e. The molecule has 0 spiro atoms. The molecule has 3 amide bonds. The van der Waals surface area contributed by atoms with E-state index in [4.69, 9.17) is 4.74 Å². The van der Waals surface area contributed by atoms with Crippen LogP contribution in [0.2, 0.25) is 0 Å². The summed E-state index contributed by atoms with van der Waals surface area (Å²) in [5.41, 5.74) is 3.51. The van der Waals surface area contributed by atoms with Crippen molar-refractivity contribution in [2.45, 2.75) is 64.0 Å². The van der Waals surface area contributed by atoms with Gasteiger partial charge in [0.05, 0.1) is 5.92 Å². The highest BCUT2D eigenvalue weighted by atomic mass is 16.6. The molecule has 8 heteroatoms. The summed E-state index contributed by atoms with van der Waals surface area (Å²) in [6.45, 7) is 7.40. The van der Waals surface area contributed by atoms with E-state index in [1.807, 2.05) is 54.8 Å². The summed E-state index contributed by atoms with van der Waals surface area (Å²) < 4.78 is 5.71. The molecule has 0 radical (unpaired) electrons. The molecule has 5 rings (SSSR count). The van der Waals surface area contributed by atoms with E-state index in [-0.39, 0.29) is 42.2 Å². The van der Waals surface area contributed by atoms with Gasteiger partial charge in [-0.25, -0.2) is 4.79 Å². The fourth-order valence-electron chi connectivity index (χ4n) is 5.88. The van der Waals surface area contributed by atoms with Gasteiger partial charge in [-0.3, -0.25) is 9.59 Å². The van der Waals surface area contributed by atoms with Gasteiger partial charge in [-0.2, -0.15) is 0 Å². The van der Waals surface area contributed by atoms with Crippen LogP contribution in [0.4, 0.5) is 10.5 Å². The number of rotatable bonds is 6. The normalized spacial score (nSPS) is 23.0. The number of likely N-dealkylation sites (tertiary alicyclic amines) is 1. The Kier molecular flexibility index (Phi) is 7.25. The van der Waals surface area contributed by atoms with Gasteiger partial charge in [0.15, 0.2) is 0 Å². The van der Waals surface area contributed by atoms with E-state index in [2.05, 4.69) is 37.4 Å². The van der Waals surface area contributed by atoms with Crippen LogP contribution in [0.3, 0.4) is 0 Å². The highest BCUT2D eigenvalue weighted by Gasteiger charge is 2.44. The quantitative estimate of drug-likeness (QED) is 0.600. The molecule has 1 saturated carbocycles. The number of fused-ring (bicyclic) bond motifs is 1. The minimum absolute atomic E-state index is 0.0276. The molecule has 3 atom stereocenters. The molecular weight excluding hydrogens is 477 g/mol. The van der Waals surface area contributed by atoms with Crippen LogP contribution < -0.4 is 10.8 Å². The Morgan fingerprint density at radius 2 is 1.82 bits per heavy atom. The average Bonchev–Trinajstić information content (AvgIpc) is 3.61. The van der Waals surface area contributed by atoms with Gasteiger partial charge in [0.25, 0.3) is 0 Å². The predicted molar refractivity (Wildman–Crippen MR) is 150 cm³/mol. The summed E-state index contributed by atoms with van der Waals surface area (Å²) >= 11 is 0. The fourth-order valence-corrected chi connectivity index (χ4v) is 5.88. The lowest BCUT2D eigenvalue weighted by molar-refractivity contribution is -0.136. The number of amides is 3. The van der Waals surface area contributed by atoms with Crippen molar-refractivity contribution in [2.75, 3.05) is 25.0 Å². The Bertz CT molecular complexity index is 1220. The van der Waals surface area contributed by atoms with Crippen LogP contribution in [0.5, 0.6) is 0 Å². The van der Waals surface area contributed by atoms with Crippen molar-refractivity contribution in [1.29, 1.82) is 0 Å². The first-order valence-corrected chi connectivity index (χ1v) is 13.8. The first-order valence-electron chi connectivity index (χ1n) is 13.8. The van der Waals surface area contributed by atoms with E-state index in [9.17, 15) is 14.4 Å². The van der Waals surface area contributed by atoms with Gasteiger partial charge in [-0.15, -0.1) is 0 Å². The van der Waals surface area contributed by atoms with Crippen LogP contribution in [0, 0.1) is 11.8 Å². The van der Waals surface area contributed by atoms with E-state index in [1.165, 1.54) is 11.0 Å². The van der Waals surface area contributed by atoms with E-state index >= 15 is 0 Å². The number of ether oxygens (including phenoxy) is 1. The zero-order chi connectivity index (χ0) is 27.0. The maximum absolute atomic E-state index is 14.0. The van der Waals surface area contributed by atoms with Crippen molar-refractivity contribution in [2.24, 2.45) is 11.8 Å². The van der Waals surface area contributed by atoms with E-state index in [0.717, 1.165) is 30.5 Å². The second-order valence-corrected chi connectivity index (χ2v) is 12.2. The largest absolute Gasteiger partial charge is 0.444 e. The molecule has 0 aromatic heterocycles. The van der Waals surface area contributed by atoms with Gasteiger partial charge >= 0.3 is 6.09 Å². The van der Waals surface area contributed by atoms with Crippen LogP contribution >= 0.6 is 0 Å². The van der Waals surface area contributed by atoms with Crippen LogP contribution in [0.25, 0.3) is 0 Å². The number of anilines is 1. The van der Waals surface area contributed by atoms with Gasteiger partial charge in [0.2, 0.25) is 11.8 Å². The van der Waals surface area contributed by atoms with Gasteiger partial charge in [0, 0.05) is 37.8 Å². The van der Waals surface area contributed by atoms with Gasteiger partial charge < -0.3 is 19.9 Å². The molecule has 2 aliphatic heterocycles. The molecule has 1 N–H and O–H groups in total. The zero-order valence-corrected chi connectivity index (χ0v) is 22.9. The lowest BCUT2D eigenvalue weighted by atomic mass is 9.85. The number of carbonyl (C=O) groups excluding carboxylic acids is 3. The van der Waals surface area contributed by atoms with Gasteiger partial charge in [-0.05, 0) is 69.1 Å². The van der Waals surface area contributed by atoms with Crippen molar-refractivity contribution in [3.63, 3.8) is 0 Å². The summed E-state index contributed by atoms with van der Waals surface area (Å²) in [6, 6.07) is 16.3. The second-order valence-electron chi connectivity index (χ2n) is 12.2. The predicted octanol–water partition coefficient (Wildman–Crippen LogP) is 3.09. The minimum atomic E-state index is -0.563. The lowest BCUT2D eigenvalue weighted by Gasteiger charge is -2.33. The number of carbonyl (C=O) groups is 3. The molecule has 200 valence electrons. The maximum Gasteiger partial charge on any atom is 0.410 e. The number of benzene rings is 2. The summed E-state index contributed by atoms with van der Waals surface area (Å²) in [6.07, 6.45) is 2.68. The SMILES string of the molecule is Bc1cccc(C[C@@H]2CN(C(=O)OC(C)(C)C)C[C@H]2CN(C(=O)C2CC(=O)Nc3ccccc32)C2CC2)c1. The first-order chi connectivity index (χ1) is 18.1. The molecule has 1 unspecified atom stereocenters. The van der Waals surface area contributed by atoms with Crippen molar-refractivity contribution < 1.29 is 19.1 Å². The average molecular weight is 515 g/mol. The molecule has 3 aliphatic rings. The Hall–Kier alpha value is -3.29. The van der Waals surface area contributed by atoms with E-state index in [1.54, 1.807) is 0 Å². The molecule has 1 saturated heterocycles. The van der Waals surface area contributed by atoms with Gasteiger partial charge in [-0.1, -0.05) is 47.9 Å². The third-order valence-corrected chi connectivity index (χ3v) is 7.81. The zero-order valence-electron chi connectivity index (χ0n) is 22.9. The third kappa shape index (κ3) is 6.06. The number of hydrogen-bond donors (Lipinski definition) is 1. The number of nitrogens with zero attached hydrogens (tertiary/aromatic N) is 2. The fraction of sp³-hybridized carbons (Fsp3) is 0.500. The van der Waals surface area contributed by atoms with Crippen molar-refractivity contribution in [3.8, 4) is 0 Å². The lowest BCUT2D eigenvalue weighted by Crippen LogP contribution is -2.44. The van der Waals surface area contributed by atoms with Crippen LogP contribution in [-0.4, -0.2) is 66.8 Å². The summed E-state index contributed by atoms with van der Waals surface area (Å²) in [4.78, 5) is 43.4. The van der Waals surface area contributed by atoms with Crippen LogP contribution in [-0.2, 0) is 20.7 Å². The summed E-state index contributed by atoms with van der Waals surface area (Å²) in [5.74, 6) is -0.230. The van der Waals surface area contributed by atoms with Gasteiger partial charge in [0.1, 0.15) is 13.4 Å². The second kappa shape index (κ2) is 10.5. The van der Waals surface area contributed by atoms with Crippen molar-refractivity contribution >= 4 is 36.9 Å². The number of hydrogen-bond acceptors (Lipinski definition) is 4. The molecule has 1 aliphatic carbocycles. The summed E-state index contributed by atoms with van der Waals surface area (Å²) in [5, 5.41) is 2.91. The van der Waals surface area contributed by atoms with Crippen molar-refractivity contribution in [1.82, 2.24) is 9.80 Å². The van der Waals surface area contributed by atoms with Crippen LogP contribution in [0.15, 0.2) is 48.5 Å². The molecule has 2 heterocycles. The topological polar surface area (TPSA) is 79.0 Å². The summed E-state index contributed by atoms with van der Waals surface area (Å²) in [7, 11) is 2.09. The molecule has 0 bridgehead atoms. The monoisotopic (exact) mass is 515 g/mol. The number of para-hydroxylation sites is 1. The molecule has 2 aromatic rings.